The van der Waals surface area contributed by atoms with E-state index in [1.165, 1.54) is 27.3 Å². The molecule has 0 radical (unpaired) electrons. The van der Waals surface area contributed by atoms with E-state index in [1.54, 1.807) is 0 Å². The number of aromatic nitrogens is 1. The second kappa shape index (κ2) is 11.5. The molecule has 0 aliphatic heterocycles. The van der Waals surface area contributed by atoms with Crippen LogP contribution in [0.1, 0.15) is 36.6 Å². The van der Waals surface area contributed by atoms with Crippen LogP contribution in [0.4, 0.5) is 0 Å². The third-order valence-corrected chi connectivity index (χ3v) is 8.06. The predicted molar refractivity (Wildman–Crippen MR) is 182 cm³/mol. The summed E-state index contributed by atoms with van der Waals surface area (Å²) in [5.41, 5.74) is 8.50. The molecule has 3 heteroatoms. The number of hydrogen-bond acceptors (Lipinski definition) is 2. The Morgan fingerprint density at radius 3 is 2.00 bits per heavy atom. The van der Waals surface area contributed by atoms with Gasteiger partial charge in [0.05, 0.1) is 17.1 Å². The van der Waals surface area contributed by atoms with E-state index in [1.807, 2.05) is 30.3 Å². The number of aliphatic imine (C=N–C) groups is 2. The Morgan fingerprint density at radius 2 is 1.23 bits per heavy atom. The van der Waals surface area contributed by atoms with Crippen molar-refractivity contribution >= 4 is 44.1 Å². The minimum Gasteiger partial charge on any atom is -0.258 e. The normalized spacial score (nSPS) is 13.1. The van der Waals surface area contributed by atoms with Crippen molar-refractivity contribution in [1.29, 1.82) is 0 Å². The van der Waals surface area contributed by atoms with E-state index in [-0.39, 0.29) is 6.04 Å². The highest BCUT2D eigenvalue weighted by Crippen LogP contribution is 2.35. The number of fused-ring (bicyclic) bond motifs is 4. The van der Waals surface area contributed by atoms with Gasteiger partial charge >= 0.3 is 0 Å². The summed E-state index contributed by atoms with van der Waals surface area (Å²) in [4.78, 5) is 15.2. The molecule has 3 nitrogen and oxygen atoms in total. The highest BCUT2D eigenvalue weighted by atomic mass is 14.9. The van der Waals surface area contributed by atoms with E-state index >= 15 is 0 Å². The van der Waals surface area contributed by atoms with E-state index in [0.717, 1.165) is 44.7 Å². The Kier molecular flexibility index (Phi) is 7.06. The lowest BCUT2D eigenvalue weighted by molar-refractivity contribution is 0.818. The van der Waals surface area contributed by atoms with Gasteiger partial charge in [-0.25, -0.2) is 9.98 Å². The lowest BCUT2D eigenvalue weighted by atomic mass is 9.94. The summed E-state index contributed by atoms with van der Waals surface area (Å²) >= 11 is 0. The van der Waals surface area contributed by atoms with Gasteiger partial charge in [0, 0.05) is 22.0 Å². The quantitative estimate of drug-likeness (QED) is 0.0904. The summed E-state index contributed by atoms with van der Waals surface area (Å²) in [7, 11) is 0. The molecular weight excluding hydrogens is 522 g/mol. The van der Waals surface area contributed by atoms with Crippen LogP contribution >= 0.6 is 0 Å². The van der Waals surface area contributed by atoms with Gasteiger partial charge in [-0.2, -0.15) is 0 Å². The Hall–Kier alpha value is -5.41. The molecule has 0 saturated carbocycles. The zero-order valence-electron chi connectivity index (χ0n) is 24.3. The molecule has 0 aliphatic rings. The molecule has 6 aromatic carbocycles. The van der Waals surface area contributed by atoms with Gasteiger partial charge in [-0.1, -0.05) is 127 Å². The highest BCUT2D eigenvalue weighted by Gasteiger charge is 2.12. The van der Waals surface area contributed by atoms with E-state index in [0.29, 0.717) is 0 Å². The van der Waals surface area contributed by atoms with Crippen LogP contribution in [-0.2, 0) is 0 Å². The smallest absolute Gasteiger partial charge is 0.155 e. The lowest BCUT2D eigenvalue weighted by Crippen LogP contribution is -2.06. The first kappa shape index (κ1) is 26.5. The van der Waals surface area contributed by atoms with Crippen LogP contribution in [0.25, 0.3) is 43.7 Å². The van der Waals surface area contributed by atoms with Gasteiger partial charge in [0.25, 0.3) is 0 Å². The van der Waals surface area contributed by atoms with Crippen molar-refractivity contribution in [3.8, 4) is 11.1 Å². The largest absolute Gasteiger partial charge is 0.258 e. The van der Waals surface area contributed by atoms with Crippen LogP contribution in [0, 0.1) is 0 Å². The second-order valence-electron chi connectivity index (χ2n) is 10.9. The summed E-state index contributed by atoms with van der Waals surface area (Å²) in [5.74, 6) is 0.734. The third kappa shape index (κ3) is 5.33. The van der Waals surface area contributed by atoms with Crippen LogP contribution < -0.4 is 0 Å². The summed E-state index contributed by atoms with van der Waals surface area (Å²) < 4.78 is 0. The Bertz CT molecular complexity index is 2130. The maximum absolute atomic E-state index is 5.06. The van der Waals surface area contributed by atoms with Gasteiger partial charge in [0.15, 0.2) is 5.84 Å². The Balaban J connectivity index is 1.28. The summed E-state index contributed by atoms with van der Waals surface area (Å²) in [6.07, 6.45) is 0. The summed E-state index contributed by atoms with van der Waals surface area (Å²) in [6.45, 7) is 4.17. The summed E-state index contributed by atoms with van der Waals surface area (Å²) in [5, 5.41) is 4.77. The number of nitrogens with zero attached hydrogens (tertiary/aromatic N) is 3. The molecule has 43 heavy (non-hydrogen) atoms. The van der Waals surface area contributed by atoms with Gasteiger partial charge in [-0.05, 0) is 65.1 Å². The molecule has 1 unspecified atom stereocenters. The monoisotopic (exact) mass is 553 g/mol. The van der Waals surface area contributed by atoms with Gasteiger partial charge in [-0.3, -0.25) is 4.99 Å². The second-order valence-corrected chi connectivity index (χ2v) is 10.9. The molecule has 1 atom stereocenters. The van der Waals surface area contributed by atoms with E-state index < -0.39 is 0 Å². The average molecular weight is 554 g/mol. The number of hydrogen-bond donors (Lipinski definition) is 0. The zero-order chi connectivity index (χ0) is 29.2. The minimum atomic E-state index is -0.0118. The molecule has 206 valence electrons. The van der Waals surface area contributed by atoms with Gasteiger partial charge in [0.2, 0.25) is 0 Å². The van der Waals surface area contributed by atoms with Crippen LogP contribution in [0.3, 0.4) is 0 Å². The van der Waals surface area contributed by atoms with Crippen molar-refractivity contribution in [2.45, 2.75) is 19.9 Å². The highest BCUT2D eigenvalue weighted by molar-refractivity contribution is 6.15. The first-order valence-corrected chi connectivity index (χ1v) is 14.7. The van der Waals surface area contributed by atoms with Crippen LogP contribution in [-0.4, -0.2) is 16.5 Å². The van der Waals surface area contributed by atoms with Crippen molar-refractivity contribution < 1.29 is 0 Å². The molecule has 1 heterocycles. The van der Waals surface area contributed by atoms with Crippen LogP contribution in [0.2, 0.25) is 0 Å². The standard InChI is InChI=1S/C40H31N3/c1-27(29-13-5-3-6-14-29)41-40(32-15-7-4-8-16-32)42-28(2)30-21-23-31(24-22-30)36-26-39-37(35-19-11-10-18-34(35)36)25-33-17-9-12-20-38(33)43-39/h3-27H,1-2H3. The molecule has 7 aromatic rings. The topological polar surface area (TPSA) is 37.6 Å². The fourth-order valence-corrected chi connectivity index (χ4v) is 5.72. The SMILES string of the molecule is CC(=NC(=NC(C)c1ccccc1)c1ccccc1)c1ccc(-c2cc3nc4ccccc4cc3c3ccccc23)cc1. The van der Waals surface area contributed by atoms with Crippen molar-refractivity contribution in [2.75, 3.05) is 0 Å². The molecule has 0 saturated heterocycles. The fourth-order valence-electron chi connectivity index (χ4n) is 5.72. The lowest BCUT2D eigenvalue weighted by Gasteiger charge is -2.13. The molecule has 0 amide bonds. The van der Waals surface area contributed by atoms with E-state index in [2.05, 4.69) is 129 Å². The predicted octanol–water partition coefficient (Wildman–Crippen LogP) is 10.2. The molecule has 0 bridgehead atoms. The van der Waals surface area contributed by atoms with Crippen molar-refractivity contribution in [3.05, 3.63) is 162 Å². The molecular formula is C40H31N3. The molecule has 7 rings (SSSR count). The third-order valence-electron chi connectivity index (χ3n) is 8.06. The minimum absolute atomic E-state index is 0.0118. The van der Waals surface area contributed by atoms with Crippen molar-refractivity contribution in [3.63, 3.8) is 0 Å². The van der Waals surface area contributed by atoms with Crippen molar-refractivity contribution in [2.24, 2.45) is 9.98 Å². The van der Waals surface area contributed by atoms with Crippen LogP contribution in [0.5, 0.6) is 0 Å². The molecule has 0 spiro atoms. The zero-order valence-corrected chi connectivity index (χ0v) is 24.3. The van der Waals surface area contributed by atoms with Gasteiger partial charge in [0.1, 0.15) is 0 Å². The molecule has 0 N–H and O–H groups in total. The fraction of sp³-hybridized carbons (Fsp3) is 0.0750. The Labute approximate surface area is 251 Å². The van der Waals surface area contributed by atoms with Crippen molar-refractivity contribution in [1.82, 2.24) is 4.98 Å². The van der Waals surface area contributed by atoms with E-state index in [9.17, 15) is 0 Å². The first-order valence-electron chi connectivity index (χ1n) is 14.7. The first-order chi connectivity index (χ1) is 21.1. The number of benzene rings is 6. The summed E-state index contributed by atoms with van der Waals surface area (Å²) in [6, 6.07) is 50.7. The van der Waals surface area contributed by atoms with Gasteiger partial charge < -0.3 is 0 Å². The maximum atomic E-state index is 5.06. The average Bonchev–Trinajstić information content (AvgIpc) is 3.07. The Morgan fingerprint density at radius 1 is 0.581 bits per heavy atom. The van der Waals surface area contributed by atoms with Crippen LogP contribution in [0.15, 0.2) is 156 Å². The molecule has 0 aliphatic carbocycles. The number of para-hydroxylation sites is 1. The molecule has 1 aromatic heterocycles. The number of amidine groups is 1. The molecule has 0 fully saturated rings. The van der Waals surface area contributed by atoms with Gasteiger partial charge in [-0.15, -0.1) is 0 Å². The van der Waals surface area contributed by atoms with E-state index in [4.69, 9.17) is 15.0 Å². The number of pyridine rings is 1. The maximum Gasteiger partial charge on any atom is 0.155 e. The number of rotatable bonds is 5.